The van der Waals surface area contributed by atoms with Gasteiger partial charge in [0.1, 0.15) is 5.75 Å². The second-order valence-corrected chi connectivity index (χ2v) is 6.36. The molecule has 0 aliphatic carbocycles. The Kier molecular flexibility index (Phi) is 4.67. The van der Waals surface area contributed by atoms with E-state index in [0.29, 0.717) is 11.4 Å². The van der Waals surface area contributed by atoms with Gasteiger partial charge in [-0.3, -0.25) is 4.57 Å². The molecule has 0 saturated carbocycles. The lowest BCUT2D eigenvalue weighted by Gasteiger charge is -2.13. The fourth-order valence-electron chi connectivity index (χ4n) is 2.43. The van der Waals surface area contributed by atoms with E-state index in [9.17, 15) is 5.11 Å². The van der Waals surface area contributed by atoms with Crippen LogP contribution in [0.25, 0.3) is 17.1 Å². The minimum Gasteiger partial charge on any atom is -0.507 e. The maximum Gasteiger partial charge on any atom is 0.196 e. The van der Waals surface area contributed by atoms with Crippen LogP contribution in [0, 0.1) is 6.92 Å². The van der Waals surface area contributed by atoms with Gasteiger partial charge in [-0.1, -0.05) is 49.0 Å². The predicted molar refractivity (Wildman–Crippen MR) is 94.2 cm³/mol. The van der Waals surface area contributed by atoms with Crippen molar-refractivity contribution < 1.29 is 5.11 Å². The molecule has 0 fully saturated rings. The van der Waals surface area contributed by atoms with Crippen LogP contribution in [0.5, 0.6) is 5.75 Å². The van der Waals surface area contributed by atoms with Crippen LogP contribution in [0.3, 0.4) is 0 Å². The summed E-state index contributed by atoms with van der Waals surface area (Å²) in [5.41, 5.74) is 2.86. The number of para-hydroxylation sites is 2. The van der Waals surface area contributed by atoms with Gasteiger partial charge in [-0.15, -0.1) is 10.2 Å². The molecule has 0 aliphatic rings. The molecule has 0 aliphatic heterocycles. The summed E-state index contributed by atoms with van der Waals surface area (Å²) in [5, 5.41) is 19.8. The van der Waals surface area contributed by atoms with Crippen LogP contribution in [0.1, 0.15) is 18.9 Å². The molecule has 2 aromatic carbocycles. The van der Waals surface area contributed by atoms with Crippen LogP contribution in [0.4, 0.5) is 0 Å². The molecular formula is C18H19N3OS. The Balaban J connectivity index is 2.20. The van der Waals surface area contributed by atoms with Gasteiger partial charge in [0.25, 0.3) is 0 Å². The summed E-state index contributed by atoms with van der Waals surface area (Å²) in [6, 6.07) is 15.4. The molecule has 0 amide bonds. The van der Waals surface area contributed by atoms with E-state index < -0.39 is 0 Å². The molecule has 5 heteroatoms. The van der Waals surface area contributed by atoms with Gasteiger partial charge < -0.3 is 5.11 Å². The third kappa shape index (κ3) is 3.10. The van der Waals surface area contributed by atoms with Crippen molar-refractivity contribution in [2.45, 2.75) is 25.4 Å². The van der Waals surface area contributed by atoms with Gasteiger partial charge in [0.05, 0.1) is 11.3 Å². The highest BCUT2D eigenvalue weighted by Crippen LogP contribution is 2.33. The Morgan fingerprint density at radius 3 is 2.52 bits per heavy atom. The molecule has 0 atom stereocenters. The van der Waals surface area contributed by atoms with E-state index in [4.69, 9.17) is 0 Å². The van der Waals surface area contributed by atoms with Gasteiger partial charge >= 0.3 is 0 Å². The Morgan fingerprint density at radius 1 is 1.04 bits per heavy atom. The molecule has 0 radical (unpaired) electrons. The Labute approximate surface area is 140 Å². The number of aryl methyl sites for hydroxylation is 1. The number of hydrogen-bond acceptors (Lipinski definition) is 4. The Bertz CT molecular complexity index is 814. The van der Waals surface area contributed by atoms with Crippen LogP contribution < -0.4 is 0 Å². The number of aromatic nitrogens is 3. The highest BCUT2D eigenvalue weighted by atomic mass is 32.2. The quantitative estimate of drug-likeness (QED) is 0.704. The van der Waals surface area contributed by atoms with Crippen molar-refractivity contribution in [3.8, 4) is 22.8 Å². The third-order valence-electron chi connectivity index (χ3n) is 3.57. The molecule has 1 heterocycles. The maximum atomic E-state index is 10.2. The van der Waals surface area contributed by atoms with Crippen molar-refractivity contribution in [1.29, 1.82) is 0 Å². The zero-order valence-corrected chi connectivity index (χ0v) is 14.0. The van der Waals surface area contributed by atoms with Gasteiger partial charge in [0, 0.05) is 5.75 Å². The minimum absolute atomic E-state index is 0.210. The molecule has 0 bridgehead atoms. The number of rotatable bonds is 5. The number of nitrogens with zero attached hydrogens (tertiary/aromatic N) is 3. The van der Waals surface area contributed by atoms with Gasteiger partial charge in [0.2, 0.25) is 0 Å². The number of aromatic hydroxyl groups is 1. The van der Waals surface area contributed by atoms with Gasteiger partial charge in [-0.2, -0.15) is 0 Å². The van der Waals surface area contributed by atoms with Crippen LogP contribution in [0.15, 0.2) is 53.7 Å². The first-order chi connectivity index (χ1) is 11.2. The normalized spacial score (nSPS) is 10.9. The summed E-state index contributed by atoms with van der Waals surface area (Å²) in [5.74, 6) is 1.85. The van der Waals surface area contributed by atoms with Crippen molar-refractivity contribution in [3.05, 3.63) is 54.1 Å². The van der Waals surface area contributed by atoms with Crippen molar-refractivity contribution >= 4 is 11.8 Å². The summed E-state index contributed by atoms with van der Waals surface area (Å²) < 4.78 is 2.03. The molecule has 0 unspecified atom stereocenters. The van der Waals surface area contributed by atoms with E-state index >= 15 is 0 Å². The van der Waals surface area contributed by atoms with Gasteiger partial charge in [-0.25, -0.2) is 0 Å². The standard InChI is InChI=1S/C18H19N3OS/c1-3-12-23-18-20-19-17(14-9-5-7-11-16(14)22)21(18)15-10-6-4-8-13(15)2/h4-11,22H,3,12H2,1-2H3. The molecular weight excluding hydrogens is 306 g/mol. The number of benzene rings is 2. The summed E-state index contributed by atoms with van der Waals surface area (Å²) in [4.78, 5) is 0. The predicted octanol–water partition coefficient (Wildman–Crippen LogP) is 4.45. The second-order valence-electron chi connectivity index (χ2n) is 5.29. The molecule has 23 heavy (non-hydrogen) atoms. The topological polar surface area (TPSA) is 50.9 Å². The molecule has 3 rings (SSSR count). The molecule has 118 valence electrons. The summed E-state index contributed by atoms with van der Waals surface area (Å²) in [7, 11) is 0. The first kappa shape index (κ1) is 15.6. The van der Waals surface area contributed by atoms with Crippen molar-refractivity contribution in [1.82, 2.24) is 14.8 Å². The highest BCUT2D eigenvalue weighted by molar-refractivity contribution is 7.99. The van der Waals surface area contributed by atoms with Crippen LogP contribution >= 0.6 is 11.8 Å². The van der Waals surface area contributed by atoms with Crippen LogP contribution in [-0.4, -0.2) is 25.6 Å². The smallest absolute Gasteiger partial charge is 0.196 e. The zero-order chi connectivity index (χ0) is 16.2. The molecule has 1 aromatic heterocycles. The fourth-order valence-corrected chi connectivity index (χ4v) is 3.22. The van der Waals surface area contributed by atoms with E-state index in [1.807, 2.05) is 28.8 Å². The first-order valence-corrected chi connectivity index (χ1v) is 8.63. The van der Waals surface area contributed by atoms with E-state index in [1.165, 1.54) is 0 Å². The maximum absolute atomic E-state index is 10.2. The van der Waals surface area contributed by atoms with Crippen LogP contribution in [0.2, 0.25) is 0 Å². The lowest BCUT2D eigenvalue weighted by atomic mass is 10.1. The zero-order valence-electron chi connectivity index (χ0n) is 13.2. The van der Waals surface area contributed by atoms with Gasteiger partial charge in [-0.05, 0) is 37.1 Å². The summed E-state index contributed by atoms with van der Waals surface area (Å²) >= 11 is 1.68. The van der Waals surface area contributed by atoms with E-state index in [2.05, 4.69) is 36.2 Å². The lowest BCUT2D eigenvalue weighted by molar-refractivity contribution is 0.476. The average Bonchev–Trinajstić information content (AvgIpc) is 2.97. The van der Waals surface area contributed by atoms with Crippen molar-refractivity contribution in [3.63, 3.8) is 0 Å². The SMILES string of the molecule is CCCSc1nnc(-c2ccccc2O)n1-c1ccccc1C. The number of phenolic OH excluding ortho intramolecular Hbond substituents is 1. The van der Waals surface area contributed by atoms with Gasteiger partial charge in [0.15, 0.2) is 11.0 Å². The third-order valence-corrected chi connectivity index (χ3v) is 4.70. The monoisotopic (exact) mass is 325 g/mol. The average molecular weight is 325 g/mol. The largest absolute Gasteiger partial charge is 0.507 e. The first-order valence-electron chi connectivity index (χ1n) is 7.65. The molecule has 0 saturated heterocycles. The van der Waals surface area contributed by atoms with E-state index in [0.717, 1.165) is 28.6 Å². The van der Waals surface area contributed by atoms with Crippen molar-refractivity contribution in [2.75, 3.05) is 5.75 Å². The summed E-state index contributed by atoms with van der Waals surface area (Å²) in [6.07, 6.45) is 1.07. The molecule has 1 N–H and O–H groups in total. The Morgan fingerprint density at radius 2 is 1.78 bits per heavy atom. The fraction of sp³-hybridized carbons (Fsp3) is 0.222. The summed E-state index contributed by atoms with van der Waals surface area (Å²) in [6.45, 7) is 4.21. The highest BCUT2D eigenvalue weighted by Gasteiger charge is 2.18. The Hall–Kier alpha value is -2.27. The van der Waals surface area contributed by atoms with Crippen molar-refractivity contribution in [2.24, 2.45) is 0 Å². The molecule has 4 nitrogen and oxygen atoms in total. The lowest BCUT2D eigenvalue weighted by Crippen LogP contribution is -2.02. The number of hydrogen-bond donors (Lipinski definition) is 1. The molecule has 3 aromatic rings. The van der Waals surface area contributed by atoms with E-state index in [1.54, 1.807) is 23.9 Å². The van der Waals surface area contributed by atoms with E-state index in [-0.39, 0.29) is 5.75 Å². The van der Waals surface area contributed by atoms with Crippen LogP contribution in [-0.2, 0) is 0 Å². The molecule has 0 spiro atoms. The number of thioether (sulfide) groups is 1. The second kappa shape index (κ2) is 6.87. The minimum atomic E-state index is 0.210. The number of phenols is 1.